The highest BCUT2D eigenvalue weighted by Crippen LogP contribution is 2.37. The molecule has 0 aliphatic carbocycles. The number of amides is 1. The van der Waals surface area contributed by atoms with Crippen molar-refractivity contribution in [2.24, 2.45) is 13.0 Å². The lowest BCUT2D eigenvalue weighted by atomic mass is 9.90. The number of thioether (sulfide) groups is 1. The Morgan fingerprint density at radius 3 is 2.27 bits per heavy atom. The molecule has 2 fully saturated rings. The molecule has 0 N–H and O–H groups in total. The fraction of sp³-hybridized carbons (Fsp3) is 0.312. The van der Waals surface area contributed by atoms with Gasteiger partial charge in [0.2, 0.25) is 0 Å². The Hall–Kier alpha value is -3.67. The number of thiocarbonyl (C=S) groups is 1. The van der Waals surface area contributed by atoms with Gasteiger partial charge in [0.25, 0.3) is 11.5 Å². The van der Waals surface area contributed by atoms with Crippen LogP contribution in [0.1, 0.15) is 40.7 Å². The summed E-state index contributed by atoms with van der Waals surface area (Å²) in [6.45, 7) is 3.90. The standard InChI is InChI=1S/C32H32N4O2S2/c1-22-26(20-28-31(38)36(32(39)40-28)18-15-23-9-5-3-6-10-23)29(34(2)30(37)27(22)21-33)35-16-13-25(14-17-35)19-24-11-7-4-8-12-24/h3-12,20,25H,13-19H2,1-2H3/b28-20-. The van der Waals surface area contributed by atoms with Crippen molar-refractivity contribution in [2.45, 2.75) is 32.6 Å². The fourth-order valence-corrected chi connectivity index (χ4v) is 6.89. The van der Waals surface area contributed by atoms with E-state index in [1.807, 2.05) is 42.5 Å². The summed E-state index contributed by atoms with van der Waals surface area (Å²) >= 11 is 6.87. The maximum Gasteiger partial charge on any atom is 0.270 e. The Kier molecular flexibility index (Phi) is 8.53. The number of hydrogen-bond acceptors (Lipinski definition) is 6. The molecule has 3 aromatic rings. The van der Waals surface area contributed by atoms with Crippen molar-refractivity contribution in [3.63, 3.8) is 0 Å². The van der Waals surface area contributed by atoms with Gasteiger partial charge in [-0.2, -0.15) is 5.26 Å². The highest BCUT2D eigenvalue weighted by molar-refractivity contribution is 8.26. The molecule has 0 bridgehead atoms. The first-order valence-electron chi connectivity index (χ1n) is 13.6. The van der Waals surface area contributed by atoms with Crippen LogP contribution in [0.5, 0.6) is 0 Å². The summed E-state index contributed by atoms with van der Waals surface area (Å²) in [5, 5.41) is 9.80. The number of carbonyl (C=O) groups is 1. The van der Waals surface area contributed by atoms with E-state index in [4.69, 9.17) is 12.2 Å². The molecule has 0 spiro atoms. The summed E-state index contributed by atoms with van der Waals surface area (Å²) in [4.78, 5) is 31.0. The molecule has 5 rings (SSSR count). The maximum absolute atomic E-state index is 13.5. The number of hydrogen-bond donors (Lipinski definition) is 0. The van der Waals surface area contributed by atoms with E-state index in [0.717, 1.165) is 49.3 Å². The van der Waals surface area contributed by atoms with Crippen molar-refractivity contribution in [3.8, 4) is 6.07 Å². The van der Waals surface area contributed by atoms with E-state index in [-0.39, 0.29) is 17.0 Å². The van der Waals surface area contributed by atoms with Crippen LogP contribution in [-0.2, 0) is 24.7 Å². The maximum atomic E-state index is 13.5. The summed E-state index contributed by atoms with van der Waals surface area (Å²) in [7, 11) is 1.72. The van der Waals surface area contributed by atoms with Crippen molar-refractivity contribution >= 4 is 46.1 Å². The number of benzene rings is 2. The van der Waals surface area contributed by atoms with Crippen molar-refractivity contribution < 1.29 is 4.79 Å². The Morgan fingerprint density at radius 1 is 1.02 bits per heavy atom. The largest absolute Gasteiger partial charge is 0.357 e. The first-order valence-corrected chi connectivity index (χ1v) is 14.8. The van der Waals surface area contributed by atoms with Crippen LogP contribution in [0.3, 0.4) is 0 Å². The highest BCUT2D eigenvalue weighted by Gasteiger charge is 2.33. The van der Waals surface area contributed by atoms with E-state index in [9.17, 15) is 14.9 Å². The van der Waals surface area contributed by atoms with Crippen LogP contribution in [0.2, 0.25) is 0 Å². The van der Waals surface area contributed by atoms with Gasteiger partial charge in [0.15, 0.2) is 0 Å². The third-order valence-corrected chi connectivity index (χ3v) is 9.24. The summed E-state index contributed by atoms with van der Waals surface area (Å²) in [5.74, 6) is 1.19. The molecular formula is C32H32N4O2S2. The fourth-order valence-electron chi connectivity index (χ4n) is 5.60. The van der Waals surface area contributed by atoms with Gasteiger partial charge in [-0.05, 0) is 61.3 Å². The second-order valence-electron chi connectivity index (χ2n) is 10.4. The zero-order valence-electron chi connectivity index (χ0n) is 22.8. The third-order valence-electron chi connectivity index (χ3n) is 7.87. The predicted octanol–water partition coefficient (Wildman–Crippen LogP) is 5.47. The van der Waals surface area contributed by atoms with Gasteiger partial charge in [0, 0.05) is 32.2 Å². The van der Waals surface area contributed by atoms with Crippen molar-refractivity contribution in [2.75, 3.05) is 24.5 Å². The lowest BCUT2D eigenvalue weighted by Gasteiger charge is -2.36. The van der Waals surface area contributed by atoms with Gasteiger partial charge in [-0.1, -0.05) is 84.6 Å². The smallest absolute Gasteiger partial charge is 0.270 e. The molecule has 0 atom stereocenters. The monoisotopic (exact) mass is 568 g/mol. The van der Waals surface area contributed by atoms with Gasteiger partial charge >= 0.3 is 0 Å². The number of piperidine rings is 1. The summed E-state index contributed by atoms with van der Waals surface area (Å²) in [5.41, 5.74) is 3.62. The van der Waals surface area contributed by atoms with Crippen LogP contribution in [0.25, 0.3) is 6.08 Å². The quantitative estimate of drug-likeness (QED) is 0.278. The van der Waals surface area contributed by atoms with E-state index in [2.05, 4.69) is 35.2 Å². The molecule has 3 heterocycles. The second kappa shape index (κ2) is 12.2. The number of rotatable bonds is 7. The van der Waals surface area contributed by atoms with Crippen molar-refractivity contribution in [1.29, 1.82) is 5.26 Å². The van der Waals surface area contributed by atoms with E-state index in [1.165, 1.54) is 17.3 Å². The Bertz CT molecular complexity index is 1550. The molecule has 2 aliphatic heterocycles. The van der Waals surface area contributed by atoms with Gasteiger partial charge in [-0.25, -0.2) is 0 Å². The first kappa shape index (κ1) is 27.9. The molecule has 1 amide bonds. The van der Waals surface area contributed by atoms with E-state index in [0.29, 0.717) is 33.7 Å². The molecule has 6 nitrogen and oxygen atoms in total. The number of pyridine rings is 1. The van der Waals surface area contributed by atoms with E-state index in [1.54, 1.807) is 23.4 Å². The summed E-state index contributed by atoms with van der Waals surface area (Å²) < 4.78 is 2.10. The SMILES string of the molecule is Cc1c(/C=C2\SC(=S)N(CCc3ccccc3)C2=O)c(N2CCC(Cc3ccccc3)CC2)n(C)c(=O)c1C#N. The molecule has 1 aromatic heterocycles. The number of aromatic nitrogens is 1. The lowest BCUT2D eigenvalue weighted by molar-refractivity contribution is -0.122. The van der Waals surface area contributed by atoms with Crippen LogP contribution >= 0.6 is 24.0 Å². The minimum Gasteiger partial charge on any atom is -0.357 e. The molecule has 0 saturated carbocycles. The minimum atomic E-state index is -0.311. The van der Waals surface area contributed by atoms with E-state index >= 15 is 0 Å². The Morgan fingerprint density at radius 2 is 1.65 bits per heavy atom. The number of nitrogens with zero attached hydrogens (tertiary/aromatic N) is 4. The van der Waals surface area contributed by atoms with Crippen molar-refractivity contribution in [1.82, 2.24) is 9.47 Å². The summed E-state index contributed by atoms with van der Waals surface area (Å²) in [6, 6.07) is 22.7. The second-order valence-corrected chi connectivity index (χ2v) is 12.1. The Labute approximate surface area is 244 Å². The summed E-state index contributed by atoms with van der Waals surface area (Å²) in [6.07, 6.45) is 5.59. The topological polar surface area (TPSA) is 69.3 Å². The molecule has 2 saturated heterocycles. The molecular weight excluding hydrogens is 537 g/mol. The molecule has 0 radical (unpaired) electrons. The third kappa shape index (κ3) is 5.77. The van der Waals surface area contributed by atoms with Crippen LogP contribution in [0, 0.1) is 24.2 Å². The molecule has 40 heavy (non-hydrogen) atoms. The van der Waals surface area contributed by atoms with Crippen LogP contribution in [0.15, 0.2) is 70.4 Å². The van der Waals surface area contributed by atoms with Gasteiger partial charge < -0.3 is 4.90 Å². The lowest BCUT2D eigenvalue weighted by Crippen LogP contribution is -2.39. The molecule has 2 aromatic carbocycles. The number of nitriles is 1. The zero-order chi connectivity index (χ0) is 28.2. The van der Waals surface area contributed by atoms with Gasteiger partial charge in [0.05, 0.1) is 4.91 Å². The van der Waals surface area contributed by atoms with Crippen LogP contribution in [-0.4, -0.2) is 39.3 Å². The predicted molar refractivity (Wildman–Crippen MR) is 166 cm³/mol. The highest BCUT2D eigenvalue weighted by atomic mass is 32.2. The minimum absolute atomic E-state index is 0.107. The van der Waals surface area contributed by atoms with Crippen molar-refractivity contribution in [3.05, 3.63) is 104 Å². The van der Waals surface area contributed by atoms with Crippen LogP contribution in [0.4, 0.5) is 5.82 Å². The Balaban J connectivity index is 1.42. The average molecular weight is 569 g/mol. The molecule has 204 valence electrons. The van der Waals surface area contributed by atoms with Gasteiger partial charge in [-0.3, -0.25) is 19.1 Å². The molecule has 0 unspecified atom stereocenters. The van der Waals surface area contributed by atoms with Gasteiger partial charge in [-0.15, -0.1) is 0 Å². The normalized spacial score (nSPS) is 17.1. The zero-order valence-corrected chi connectivity index (χ0v) is 24.4. The first-order chi connectivity index (χ1) is 19.4. The molecule has 2 aliphatic rings. The molecule has 8 heteroatoms. The number of anilines is 1. The van der Waals surface area contributed by atoms with Gasteiger partial charge in [0.1, 0.15) is 21.8 Å². The van der Waals surface area contributed by atoms with E-state index < -0.39 is 0 Å². The van der Waals surface area contributed by atoms with Crippen LogP contribution < -0.4 is 10.5 Å². The number of carbonyl (C=O) groups excluding carboxylic acids is 1. The average Bonchev–Trinajstić information content (AvgIpc) is 3.24.